The summed E-state index contributed by atoms with van der Waals surface area (Å²) in [4.78, 5) is 20.9. The molecule has 7 nitrogen and oxygen atoms in total. The summed E-state index contributed by atoms with van der Waals surface area (Å²) in [6.45, 7) is 3.10. The van der Waals surface area contributed by atoms with Crippen LogP contribution in [0.25, 0.3) is 21.3 Å². The van der Waals surface area contributed by atoms with E-state index in [2.05, 4.69) is 15.3 Å². The van der Waals surface area contributed by atoms with Crippen molar-refractivity contribution in [3.63, 3.8) is 0 Å². The number of aromatic nitrogens is 2. The molecular weight excluding hydrogens is 364 g/mol. The molecule has 27 heavy (non-hydrogen) atoms. The van der Waals surface area contributed by atoms with Gasteiger partial charge in [0.1, 0.15) is 6.10 Å². The number of nitrogen functional groups attached to an aromatic ring is 1. The van der Waals surface area contributed by atoms with Crippen LogP contribution in [0, 0.1) is 6.92 Å². The molecule has 0 radical (unpaired) electrons. The standard InChI is InChI=1S/C19H20N4O3S/c1-11-16(23-19(24)26-14-4-6-25-7-5-14)8-13(10-21-11)12-2-3-15-17(9-12)27-18(20)22-15/h2-3,8-10,14H,4-7H2,1H3,(H2,20,22)(H,23,24). The molecule has 0 bridgehead atoms. The Kier molecular flexibility index (Phi) is 4.91. The lowest BCUT2D eigenvalue weighted by Gasteiger charge is -2.22. The molecule has 0 spiro atoms. The highest BCUT2D eigenvalue weighted by Gasteiger charge is 2.19. The Labute approximate surface area is 160 Å². The zero-order chi connectivity index (χ0) is 18.8. The lowest BCUT2D eigenvalue weighted by Crippen LogP contribution is -2.28. The van der Waals surface area contributed by atoms with E-state index in [0.29, 0.717) is 24.0 Å². The summed E-state index contributed by atoms with van der Waals surface area (Å²) >= 11 is 1.44. The van der Waals surface area contributed by atoms with Crippen molar-refractivity contribution >= 4 is 38.5 Å². The third-order valence-electron chi connectivity index (χ3n) is 4.50. The van der Waals surface area contributed by atoms with E-state index in [1.807, 2.05) is 31.2 Å². The molecule has 140 valence electrons. The fourth-order valence-electron chi connectivity index (χ4n) is 3.02. The number of carbonyl (C=O) groups excluding carboxylic acids is 1. The molecule has 0 unspecified atom stereocenters. The van der Waals surface area contributed by atoms with Gasteiger partial charge < -0.3 is 15.2 Å². The van der Waals surface area contributed by atoms with E-state index in [0.717, 1.165) is 39.9 Å². The zero-order valence-electron chi connectivity index (χ0n) is 14.9. The highest BCUT2D eigenvalue weighted by molar-refractivity contribution is 7.22. The Hall–Kier alpha value is -2.71. The number of benzene rings is 1. The van der Waals surface area contributed by atoms with E-state index < -0.39 is 6.09 Å². The van der Waals surface area contributed by atoms with Gasteiger partial charge in [-0.2, -0.15) is 0 Å². The van der Waals surface area contributed by atoms with Crippen LogP contribution in [-0.2, 0) is 9.47 Å². The molecule has 0 saturated carbocycles. The maximum atomic E-state index is 12.2. The van der Waals surface area contributed by atoms with Gasteiger partial charge in [-0.25, -0.2) is 9.78 Å². The molecular formula is C19H20N4O3S. The van der Waals surface area contributed by atoms with Crippen molar-refractivity contribution in [3.8, 4) is 11.1 Å². The van der Waals surface area contributed by atoms with Gasteiger partial charge in [-0.3, -0.25) is 10.3 Å². The number of hydrogen-bond acceptors (Lipinski definition) is 7. The van der Waals surface area contributed by atoms with Crippen molar-refractivity contribution < 1.29 is 14.3 Å². The average molecular weight is 384 g/mol. The summed E-state index contributed by atoms with van der Waals surface area (Å²) in [7, 11) is 0. The third-order valence-corrected chi connectivity index (χ3v) is 5.35. The van der Waals surface area contributed by atoms with Crippen LogP contribution in [-0.4, -0.2) is 35.4 Å². The largest absolute Gasteiger partial charge is 0.446 e. The fourth-order valence-corrected chi connectivity index (χ4v) is 3.80. The van der Waals surface area contributed by atoms with Crippen molar-refractivity contribution in [2.24, 2.45) is 0 Å². The topological polar surface area (TPSA) is 99.4 Å². The number of thiazole rings is 1. The maximum Gasteiger partial charge on any atom is 0.411 e. The first-order chi connectivity index (χ1) is 13.1. The third kappa shape index (κ3) is 4.01. The van der Waals surface area contributed by atoms with Crippen LogP contribution in [0.2, 0.25) is 0 Å². The summed E-state index contributed by atoms with van der Waals surface area (Å²) in [5.74, 6) is 0. The van der Waals surface area contributed by atoms with Crippen LogP contribution in [0.15, 0.2) is 30.5 Å². The SMILES string of the molecule is Cc1ncc(-c2ccc3nc(N)sc3c2)cc1NC(=O)OC1CCOCC1. The lowest BCUT2D eigenvalue weighted by atomic mass is 10.1. The molecule has 0 atom stereocenters. The number of fused-ring (bicyclic) bond motifs is 1. The minimum Gasteiger partial charge on any atom is -0.446 e. The first-order valence-corrected chi connectivity index (χ1v) is 9.58. The molecule has 3 heterocycles. The Morgan fingerprint density at radius 2 is 2.11 bits per heavy atom. The molecule has 3 aromatic rings. The number of hydrogen-bond donors (Lipinski definition) is 2. The average Bonchev–Trinajstić information content (AvgIpc) is 3.03. The lowest BCUT2D eigenvalue weighted by molar-refractivity contribution is 0.00591. The second kappa shape index (κ2) is 7.50. The van der Waals surface area contributed by atoms with Gasteiger partial charge in [-0.05, 0) is 30.7 Å². The van der Waals surface area contributed by atoms with Gasteiger partial charge in [0.05, 0.1) is 34.8 Å². The number of carbonyl (C=O) groups is 1. The van der Waals surface area contributed by atoms with Gasteiger partial charge in [-0.15, -0.1) is 0 Å². The zero-order valence-corrected chi connectivity index (χ0v) is 15.7. The Balaban J connectivity index is 1.53. The minimum atomic E-state index is -0.463. The van der Waals surface area contributed by atoms with Gasteiger partial charge in [0, 0.05) is 24.6 Å². The van der Waals surface area contributed by atoms with Crippen LogP contribution >= 0.6 is 11.3 Å². The number of amides is 1. The van der Waals surface area contributed by atoms with Crippen molar-refractivity contribution in [1.82, 2.24) is 9.97 Å². The fraction of sp³-hybridized carbons (Fsp3) is 0.316. The van der Waals surface area contributed by atoms with Crippen LogP contribution in [0.5, 0.6) is 0 Å². The van der Waals surface area contributed by atoms with Gasteiger partial charge >= 0.3 is 6.09 Å². The van der Waals surface area contributed by atoms with Gasteiger partial charge in [0.2, 0.25) is 0 Å². The molecule has 1 aliphatic heterocycles. The normalized spacial score (nSPS) is 15.0. The van der Waals surface area contributed by atoms with Crippen molar-refractivity contribution in [1.29, 1.82) is 0 Å². The van der Waals surface area contributed by atoms with Crippen LogP contribution in [0.3, 0.4) is 0 Å². The van der Waals surface area contributed by atoms with E-state index in [-0.39, 0.29) is 6.10 Å². The van der Waals surface area contributed by atoms with Crippen molar-refractivity contribution in [2.45, 2.75) is 25.9 Å². The van der Waals surface area contributed by atoms with E-state index >= 15 is 0 Å². The minimum absolute atomic E-state index is 0.102. The first-order valence-electron chi connectivity index (χ1n) is 8.77. The van der Waals surface area contributed by atoms with Crippen LogP contribution in [0.1, 0.15) is 18.5 Å². The highest BCUT2D eigenvalue weighted by atomic mass is 32.1. The predicted octanol–water partition coefficient (Wildman–Crippen LogP) is 3.98. The number of nitrogens with one attached hydrogen (secondary N) is 1. The van der Waals surface area contributed by atoms with Crippen LogP contribution < -0.4 is 11.1 Å². The number of aryl methyl sites for hydroxylation is 1. The summed E-state index contributed by atoms with van der Waals surface area (Å²) in [5, 5.41) is 3.36. The second-order valence-corrected chi connectivity index (χ2v) is 7.50. The van der Waals surface area contributed by atoms with Gasteiger partial charge in [0.25, 0.3) is 0 Å². The van der Waals surface area contributed by atoms with Gasteiger partial charge in [0.15, 0.2) is 5.13 Å². The number of rotatable bonds is 3. The molecule has 4 rings (SSSR count). The van der Waals surface area contributed by atoms with Crippen LogP contribution in [0.4, 0.5) is 15.6 Å². The van der Waals surface area contributed by atoms with E-state index in [9.17, 15) is 4.79 Å². The Morgan fingerprint density at radius 3 is 2.93 bits per heavy atom. The molecule has 1 fully saturated rings. The van der Waals surface area contributed by atoms with Gasteiger partial charge in [-0.1, -0.05) is 17.4 Å². The maximum absolute atomic E-state index is 12.2. The molecule has 1 aromatic carbocycles. The smallest absolute Gasteiger partial charge is 0.411 e. The first kappa shape index (κ1) is 17.7. The molecule has 1 saturated heterocycles. The number of nitrogens with zero attached hydrogens (tertiary/aromatic N) is 2. The molecule has 0 aliphatic carbocycles. The predicted molar refractivity (Wildman–Crippen MR) is 106 cm³/mol. The molecule has 8 heteroatoms. The Morgan fingerprint density at radius 1 is 1.30 bits per heavy atom. The Bertz CT molecular complexity index is 982. The monoisotopic (exact) mass is 384 g/mol. The quantitative estimate of drug-likeness (QED) is 0.709. The van der Waals surface area contributed by atoms with Crippen molar-refractivity contribution in [2.75, 3.05) is 24.3 Å². The van der Waals surface area contributed by atoms with E-state index in [1.165, 1.54) is 11.3 Å². The number of anilines is 2. The molecule has 1 amide bonds. The number of pyridine rings is 1. The number of ether oxygens (including phenoxy) is 2. The molecule has 3 N–H and O–H groups in total. The molecule has 1 aliphatic rings. The van der Waals surface area contributed by atoms with E-state index in [4.69, 9.17) is 15.2 Å². The second-order valence-electron chi connectivity index (χ2n) is 6.43. The summed E-state index contributed by atoms with van der Waals surface area (Å²) in [6, 6.07) is 7.83. The summed E-state index contributed by atoms with van der Waals surface area (Å²) in [6.07, 6.45) is 2.67. The number of nitrogens with two attached hydrogens (primary N) is 1. The summed E-state index contributed by atoms with van der Waals surface area (Å²) < 4.78 is 11.8. The summed E-state index contributed by atoms with van der Waals surface area (Å²) in [5.41, 5.74) is 9.90. The van der Waals surface area contributed by atoms with E-state index in [1.54, 1.807) is 6.20 Å². The molecule has 2 aromatic heterocycles. The van der Waals surface area contributed by atoms with Crippen molar-refractivity contribution in [3.05, 3.63) is 36.2 Å². The highest BCUT2D eigenvalue weighted by Crippen LogP contribution is 2.30.